The number of halogens is 2. The smallest absolute Gasteiger partial charge is 0.228 e. The van der Waals surface area contributed by atoms with Gasteiger partial charge in [-0.3, -0.25) is 19.9 Å². The van der Waals surface area contributed by atoms with Gasteiger partial charge in [0.1, 0.15) is 23.0 Å². The molecule has 1 unspecified atom stereocenters. The van der Waals surface area contributed by atoms with Gasteiger partial charge in [-0.25, -0.2) is 0 Å². The lowest BCUT2D eigenvalue weighted by atomic mass is 9.73. The number of ketones is 1. The molecule has 0 saturated carbocycles. The van der Waals surface area contributed by atoms with E-state index in [4.69, 9.17) is 43.9 Å². The lowest BCUT2D eigenvalue weighted by Gasteiger charge is -2.38. The minimum absolute atomic E-state index is 0.0396. The van der Waals surface area contributed by atoms with Crippen LogP contribution >= 0.6 is 23.2 Å². The number of fused-ring (bicyclic) bond motifs is 1. The molecule has 2 aliphatic rings. The van der Waals surface area contributed by atoms with Crippen molar-refractivity contribution in [2.24, 2.45) is 21.6 Å². The number of allylic oxidation sites excluding steroid dienone is 1. The van der Waals surface area contributed by atoms with E-state index in [2.05, 4.69) is 48.6 Å². The summed E-state index contributed by atoms with van der Waals surface area (Å²) in [7, 11) is 1.68. The molecule has 65 heavy (non-hydrogen) atoms. The number of carbonyl (C=O) groups excluding carboxylic acids is 2. The Balaban J connectivity index is 0.000000558. The number of nitrogens with one attached hydrogen (secondary N) is 2. The van der Waals surface area contributed by atoms with Gasteiger partial charge < -0.3 is 20.6 Å². The number of para-hydroxylation sites is 1. The van der Waals surface area contributed by atoms with Crippen molar-refractivity contribution in [2.75, 3.05) is 17.3 Å². The lowest BCUT2D eigenvalue weighted by molar-refractivity contribution is -0.119. The first-order valence-electron chi connectivity index (χ1n) is 21.5. The summed E-state index contributed by atoms with van der Waals surface area (Å²) in [5.41, 5.74) is 5.06. The summed E-state index contributed by atoms with van der Waals surface area (Å²) in [6.07, 6.45) is 1.69. The molecule has 0 spiro atoms. The fraction of sp³-hybridized carbons (Fsp3) is 0.226. The summed E-state index contributed by atoms with van der Waals surface area (Å²) in [5.74, 6) is 5.96. The molecule has 6 aromatic carbocycles. The highest BCUT2D eigenvalue weighted by molar-refractivity contribution is 6.35. The van der Waals surface area contributed by atoms with Crippen molar-refractivity contribution in [3.05, 3.63) is 201 Å². The van der Waals surface area contributed by atoms with Gasteiger partial charge in [-0.05, 0) is 65.8 Å². The van der Waals surface area contributed by atoms with Gasteiger partial charge in [0.25, 0.3) is 0 Å². The third kappa shape index (κ3) is 10.1. The third-order valence-electron chi connectivity index (χ3n) is 11.6. The first-order valence-corrected chi connectivity index (χ1v) is 22.2. The minimum atomic E-state index is -1.15. The third-order valence-corrected chi connectivity index (χ3v) is 12.2. The SMILES string of the molecule is CC1(C)CC(=O)C2=C(C1)Nc1c(OC(c3ccccc3)(c3ccccc3)c3ccccc3)cccc1N(C(=O)CCC(=N)N=NN)C2c1ccc(Cl)cc1Cl.CCc1ccc(OC)cc1. The van der Waals surface area contributed by atoms with Gasteiger partial charge in [-0.2, -0.15) is 0 Å². The van der Waals surface area contributed by atoms with Crippen molar-refractivity contribution in [3.8, 4) is 11.5 Å². The molecule has 1 atom stereocenters. The highest BCUT2D eigenvalue weighted by Gasteiger charge is 2.46. The van der Waals surface area contributed by atoms with E-state index in [0.29, 0.717) is 50.4 Å². The van der Waals surface area contributed by atoms with E-state index in [-0.39, 0.29) is 36.8 Å². The van der Waals surface area contributed by atoms with E-state index in [9.17, 15) is 9.59 Å². The van der Waals surface area contributed by atoms with Gasteiger partial charge in [0.15, 0.2) is 11.4 Å². The van der Waals surface area contributed by atoms with Crippen molar-refractivity contribution in [2.45, 2.75) is 64.5 Å². The minimum Gasteiger partial charge on any atom is -0.497 e. The summed E-state index contributed by atoms with van der Waals surface area (Å²) in [5, 5.41) is 19.5. The first-order chi connectivity index (χ1) is 31.4. The number of Topliss-reactive ketones (excluding diaryl/α,β-unsaturated/α-hetero) is 1. The maximum Gasteiger partial charge on any atom is 0.228 e. The number of amidine groups is 1. The number of aryl methyl sites for hydroxylation is 1. The number of amides is 1. The van der Waals surface area contributed by atoms with E-state index < -0.39 is 17.1 Å². The molecule has 1 aliphatic carbocycles. The van der Waals surface area contributed by atoms with Crippen molar-refractivity contribution < 1.29 is 19.1 Å². The normalized spacial score (nSPS) is 15.4. The van der Waals surface area contributed by atoms with Crippen molar-refractivity contribution in [1.29, 1.82) is 5.41 Å². The van der Waals surface area contributed by atoms with Gasteiger partial charge in [-0.15, -0.1) is 5.11 Å². The number of hydrogen-bond donors (Lipinski definition) is 3. The quantitative estimate of drug-likeness (QED) is 0.0295. The zero-order valence-corrected chi connectivity index (χ0v) is 38.4. The van der Waals surface area contributed by atoms with Crippen LogP contribution in [0.3, 0.4) is 0 Å². The van der Waals surface area contributed by atoms with Gasteiger partial charge in [-0.1, -0.05) is 164 Å². The standard InChI is InChI=1S/C44H40Cl2N6O3.C9H12O/c1-43(2)26-34-40(36(53)27-43)42(32-22-21-31(45)25-33(32)46)52(39(54)24-23-38(47)50-51-48)35-19-12-20-37(41(35)49-34)55-44(28-13-6-3-7-14-28,29-15-8-4-9-16-29)30-17-10-5-11-18-30;1-3-8-4-6-9(10-2)7-5-8/h3-22,25,42,49H,23-24,26-27H2,1-2H3,(H3,47,48,50);4-7H,3H2,1-2H3. The van der Waals surface area contributed by atoms with E-state index >= 15 is 0 Å². The molecule has 1 aliphatic heterocycles. The Labute approximate surface area is 390 Å². The molecule has 4 N–H and O–H groups in total. The Bertz CT molecular complexity index is 2590. The van der Waals surface area contributed by atoms with E-state index in [1.54, 1.807) is 30.2 Å². The summed E-state index contributed by atoms with van der Waals surface area (Å²) >= 11 is 13.4. The number of rotatable bonds is 11. The highest BCUT2D eigenvalue weighted by atomic mass is 35.5. The number of anilines is 2. The Hall–Kier alpha value is -6.75. The monoisotopic (exact) mass is 906 g/mol. The number of ether oxygens (including phenoxy) is 2. The number of methoxy groups -OCH3 is 1. The maximum absolute atomic E-state index is 14.8. The predicted molar refractivity (Wildman–Crippen MR) is 260 cm³/mol. The lowest BCUT2D eigenvalue weighted by Crippen LogP contribution is -2.39. The van der Waals surface area contributed by atoms with Crippen LogP contribution < -0.4 is 25.5 Å². The summed E-state index contributed by atoms with van der Waals surface area (Å²) in [6.45, 7) is 6.25. The Morgan fingerprint density at radius 1 is 0.831 bits per heavy atom. The van der Waals surface area contributed by atoms with Gasteiger partial charge in [0, 0.05) is 57.3 Å². The predicted octanol–water partition coefficient (Wildman–Crippen LogP) is 12.8. The molecule has 1 amide bonds. The van der Waals surface area contributed by atoms with Crippen LogP contribution in [-0.2, 0) is 21.6 Å². The number of benzene rings is 6. The van der Waals surface area contributed by atoms with Crippen molar-refractivity contribution in [1.82, 2.24) is 0 Å². The Kier molecular flexibility index (Phi) is 14.5. The fourth-order valence-corrected chi connectivity index (χ4v) is 9.11. The van der Waals surface area contributed by atoms with Gasteiger partial charge in [0.2, 0.25) is 5.91 Å². The average Bonchev–Trinajstić information content (AvgIpc) is 3.45. The summed E-state index contributed by atoms with van der Waals surface area (Å²) in [4.78, 5) is 30.9. The molecular formula is C53H52Cl2N6O4. The highest BCUT2D eigenvalue weighted by Crippen LogP contribution is 2.53. The van der Waals surface area contributed by atoms with E-state index in [1.807, 2.05) is 121 Å². The van der Waals surface area contributed by atoms with Gasteiger partial charge >= 0.3 is 0 Å². The van der Waals surface area contributed by atoms with Crippen LogP contribution in [0.25, 0.3) is 0 Å². The van der Waals surface area contributed by atoms with Crippen molar-refractivity contribution in [3.63, 3.8) is 0 Å². The topological polar surface area (TPSA) is 142 Å². The van der Waals surface area contributed by atoms with Crippen LogP contribution in [0.5, 0.6) is 11.5 Å². The second-order valence-corrected chi connectivity index (χ2v) is 17.5. The largest absolute Gasteiger partial charge is 0.497 e. The van der Waals surface area contributed by atoms with E-state index in [0.717, 1.165) is 28.9 Å². The zero-order valence-electron chi connectivity index (χ0n) is 36.9. The maximum atomic E-state index is 14.8. The molecule has 6 aromatic rings. The number of nitrogens with two attached hydrogens (primary N) is 1. The van der Waals surface area contributed by atoms with Gasteiger partial charge in [0.05, 0.1) is 18.8 Å². The first kappa shape index (κ1) is 46.2. The second kappa shape index (κ2) is 20.4. The Morgan fingerprint density at radius 2 is 1.43 bits per heavy atom. The Morgan fingerprint density at radius 3 is 1.97 bits per heavy atom. The summed E-state index contributed by atoms with van der Waals surface area (Å²) in [6, 6.07) is 47.9. The number of nitrogens with zero attached hydrogens (tertiary/aromatic N) is 3. The zero-order chi connectivity index (χ0) is 46.1. The van der Waals surface area contributed by atoms with Crippen LogP contribution in [0.2, 0.25) is 10.0 Å². The molecule has 12 heteroatoms. The molecule has 0 fully saturated rings. The second-order valence-electron chi connectivity index (χ2n) is 16.7. The molecule has 10 nitrogen and oxygen atoms in total. The molecular weight excluding hydrogens is 856 g/mol. The molecule has 0 radical (unpaired) electrons. The van der Waals surface area contributed by atoms with E-state index in [1.165, 1.54) is 5.56 Å². The number of hydrogen-bond acceptors (Lipinski definition) is 7. The average molecular weight is 908 g/mol. The molecule has 8 rings (SSSR count). The van der Waals surface area contributed by atoms with Crippen LogP contribution in [0.4, 0.5) is 11.4 Å². The molecule has 1 heterocycles. The van der Waals surface area contributed by atoms with Crippen LogP contribution in [0.15, 0.2) is 173 Å². The molecule has 0 bridgehead atoms. The van der Waals surface area contributed by atoms with Crippen LogP contribution in [0, 0.1) is 10.8 Å². The molecule has 332 valence electrons. The van der Waals surface area contributed by atoms with Crippen LogP contribution in [0.1, 0.15) is 80.3 Å². The number of carbonyl (C=O) groups is 2. The fourth-order valence-electron chi connectivity index (χ4n) is 8.60. The summed E-state index contributed by atoms with van der Waals surface area (Å²) < 4.78 is 12.5. The molecule has 0 aromatic heterocycles. The van der Waals surface area contributed by atoms with Crippen LogP contribution in [-0.4, -0.2) is 24.6 Å². The molecule has 0 saturated heterocycles. The van der Waals surface area contributed by atoms with Crippen molar-refractivity contribution >= 4 is 52.1 Å².